The number of anilines is 1. The van der Waals surface area contributed by atoms with E-state index in [1.165, 1.54) is 0 Å². The zero-order chi connectivity index (χ0) is 13.8. The number of aromatic nitrogens is 1. The van der Waals surface area contributed by atoms with Crippen LogP contribution in [0.1, 0.15) is 43.1 Å². The van der Waals surface area contributed by atoms with Crippen molar-refractivity contribution in [2.24, 2.45) is 0 Å². The molecule has 1 fully saturated rings. The van der Waals surface area contributed by atoms with Crippen LogP contribution in [0.25, 0.3) is 0 Å². The lowest BCUT2D eigenvalue weighted by Gasteiger charge is -2.37. The molecule has 1 amide bonds. The van der Waals surface area contributed by atoms with Gasteiger partial charge in [0.1, 0.15) is 5.69 Å². The number of rotatable bonds is 6. The van der Waals surface area contributed by atoms with E-state index in [0.29, 0.717) is 17.9 Å². The molecule has 0 aromatic carbocycles. The molecule has 3 N–H and O–H groups in total. The van der Waals surface area contributed by atoms with Crippen LogP contribution in [0.5, 0.6) is 0 Å². The Hall–Kier alpha value is -1.49. The fourth-order valence-corrected chi connectivity index (χ4v) is 2.54. The number of hydrogen-bond acceptors (Lipinski definition) is 3. The standard InChI is InChI=1S/C14H23N3O2/c1-2-6-16-10-11(15)9-13(16)14(19)17(7-8-18)12-4-3-5-12/h9-10,12,18H,2-8,15H2,1H3. The van der Waals surface area contributed by atoms with E-state index in [-0.39, 0.29) is 18.6 Å². The highest BCUT2D eigenvalue weighted by Gasteiger charge is 2.30. The quantitative estimate of drug-likeness (QED) is 0.818. The van der Waals surface area contributed by atoms with Gasteiger partial charge in [0.15, 0.2) is 0 Å². The van der Waals surface area contributed by atoms with Crippen LogP contribution in [0.2, 0.25) is 0 Å². The van der Waals surface area contributed by atoms with Crippen LogP contribution in [0, 0.1) is 0 Å². The summed E-state index contributed by atoms with van der Waals surface area (Å²) >= 11 is 0. The summed E-state index contributed by atoms with van der Waals surface area (Å²) in [7, 11) is 0. The van der Waals surface area contributed by atoms with Gasteiger partial charge in [0.2, 0.25) is 0 Å². The molecular formula is C14H23N3O2. The average molecular weight is 265 g/mol. The van der Waals surface area contributed by atoms with Gasteiger partial charge in [-0.05, 0) is 31.7 Å². The van der Waals surface area contributed by atoms with Gasteiger partial charge in [0.05, 0.1) is 12.3 Å². The van der Waals surface area contributed by atoms with Crippen molar-refractivity contribution >= 4 is 11.6 Å². The van der Waals surface area contributed by atoms with Crippen LogP contribution in [-0.2, 0) is 6.54 Å². The maximum absolute atomic E-state index is 12.6. The maximum atomic E-state index is 12.6. The molecule has 5 nitrogen and oxygen atoms in total. The van der Waals surface area contributed by atoms with Crippen molar-refractivity contribution in [2.45, 2.75) is 45.2 Å². The van der Waals surface area contributed by atoms with Crippen LogP contribution >= 0.6 is 0 Å². The van der Waals surface area contributed by atoms with Gasteiger partial charge in [-0.15, -0.1) is 0 Å². The van der Waals surface area contributed by atoms with E-state index in [1.807, 2.05) is 10.8 Å². The topological polar surface area (TPSA) is 71.5 Å². The third kappa shape index (κ3) is 2.92. The molecular weight excluding hydrogens is 242 g/mol. The molecule has 2 rings (SSSR count). The number of aryl methyl sites for hydroxylation is 1. The van der Waals surface area contributed by atoms with Crippen molar-refractivity contribution in [3.63, 3.8) is 0 Å². The molecule has 5 heteroatoms. The highest BCUT2D eigenvalue weighted by molar-refractivity contribution is 5.94. The number of aliphatic hydroxyl groups excluding tert-OH is 1. The number of nitrogen functional groups attached to an aromatic ring is 1. The molecule has 19 heavy (non-hydrogen) atoms. The molecule has 0 atom stereocenters. The summed E-state index contributed by atoms with van der Waals surface area (Å²) in [5.41, 5.74) is 7.06. The molecule has 1 heterocycles. The Morgan fingerprint density at radius 3 is 2.84 bits per heavy atom. The number of nitrogens with zero attached hydrogens (tertiary/aromatic N) is 2. The number of amides is 1. The Labute approximate surface area is 114 Å². The predicted octanol–water partition coefficient (Wildman–Crippen LogP) is 1.47. The molecule has 1 aliphatic rings. The highest BCUT2D eigenvalue weighted by Crippen LogP contribution is 2.26. The van der Waals surface area contributed by atoms with E-state index in [0.717, 1.165) is 32.2 Å². The highest BCUT2D eigenvalue weighted by atomic mass is 16.3. The smallest absolute Gasteiger partial charge is 0.270 e. The Bertz CT molecular complexity index is 438. The molecule has 106 valence electrons. The Morgan fingerprint density at radius 1 is 1.58 bits per heavy atom. The molecule has 0 aliphatic heterocycles. The van der Waals surface area contributed by atoms with E-state index < -0.39 is 0 Å². The number of carbonyl (C=O) groups is 1. The lowest BCUT2D eigenvalue weighted by Crippen LogP contribution is -2.46. The van der Waals surface area contributed by atoms with Gasteiger partial charge in [-0.25, -0.2) is 0 Å². The Morgan fingerprint density at radius 2 is 2.32 bits per heavy atom. The first kappa shape index (κ1) is 13.9. The summed E-state index contributed by atoms with van der Waals surface area (Å²) in [4.78, 5) is 14.4. The fraction of sp³-hybridized carbons (Fsp3) is 0.643. The third-order valence-corrected chi connectivity index (χ3v) is 3.72. The largest absolute Gasteiger partial charge is 0.397 e. The summed E-state index contributed by atoms with van der Waals surface area (Å²) in [6.45, 7) is 3.27. The molecule has 1 aromatic heterocycles. The van der Waals surface area contributed by atoms with Crippen LogP contribution < -0.4 is 5.73 Å². The van der Waals surface area contributed by atoms with Crippen LogP contribution in [0.4, 0.5) is 5.69 Å². The molecule has 0 bridgehead atoms. The van der Waals surface area contributed by atoms with Crippen LogP contribution in [0.3, 0.4) is 0 Å². The van der Waals surface area contributed by atoms with Crippen molar-refractivity contribution < 1.29 is 9.90 Å². The zero-order valence-corrected chi connectivity index (χ0v) is 11.5. The minimum Gasteiger partial charge on any atom is -0.397 e. The minimum atomic E-state index is -0.0103. The van der Waals surface area contributed by atoms with Gasteiger partial charge >= 0.3 is 0 Å². The Kier molecular flexibility index (Phi) is 4.47. The predicted molar refractivity (Wildman–Crippen MR) is 74.9 cm³/mol. The molecule has 1 aromatic rings. The second kappa shape index (κ2) is 6.10. The molecule has 1 aliphatic carbocycles. The summed E-state index contributed by atoms with van der Waals surface area (Å²) in [5, 5.41) is 9.15. The van der Waals surface area contributed by atoms with Crippen LogP contribution in [-0.4, -0.2) is 39.7 Å². The normalized spacial score (nSPS) is 15.3. The first-order valence-corrected chi connectivity index (χ1v) is 7.04. The van der Waals surface area contributed by atoms with E-state index in [1.54, 1.807) is 11.0 Å². The van der Waals surface area contributed by atoms with Crippen molar-refractivity contribution in [3.05, 3.63) is 18.0 Å². The molecule has 0 saturated heterocycles. The first-order valence-electron chi connectivity index (χ1n) is 7.04. The minimum absolute atomic E-state index is 0.00616. The van der Waals surface area contributed by atoms with Crippen molar-refractivity contribution in [1.29, 1.82) is 0 Å². The van der Waals surface area contributed by atoms with E-state index in [4.69, 9.17) is 10.8 Å². The summed E-state index contributed by atoms with van der Waals surface area (Å²) in [6, 6.07) is 2.02. The lowest BCUT2D eigenvalue weighted by molar-refractivity contribution is 0.0515. The van der Waals surface area contributed by atoms with Gasteiger partial charge < -0.3 is 20.3 Å². The molecule has 0 unspecified atom stereocenters. The van der Waals surface area contributed by atoms with Gasteiger partial charge in [-0.2, -0.15) is 0 Å². The number of aliphatic hydroxyl groups is 1. The first-order chi connectivity index (χ1) is 9.17. The second-order valence-electron chi connectivity index (χ2n) is 5.16. The summed E-state index contributed by atoms with van der Waals surface area (Å²) in [6.07, 6.45) is 6.01. The van der Waals surface area contributed by atoms with Gasteiger partial charge in [-0.3, -0.25) is 4.79 Å². The van der Waals surface area contributed by atoms with Gasteiger partial charge in [0, 0.05) is 25.3 Å². The van der Waals surface area contributed by atoms with Crippen molar-refractivity contribution in [3.8, 4) is 0 Å². The van der Waals surface area contributed by atoms with Gasteiger partial charge in [-0.1, -0.05) is 6.92 Å². The Balaban J connectivity index is 2.20. The third-order valence-electron chi connectivity index (χ3n) is 3.72. The molecule has 0 spiro atoms. The number of nitrogens with two attached hydrogens (primary N) is 1. The van der Waals surface area contributed by atoms with E-state index in [2.05, 4.69) is 6.92 Å². The molecule has 0 radical (unpaired) electrons. The lowest BCUT2D eigenvalue weighted by atomic mass is 9.91. The average Bonchev–Trinajstić information content (AvgIpc) is 2.67. The van der Waals surface area contributed by atoms with E-state index >= 15 is 0 Å². The molecule has 1 saturated carbocycles. The van der Waals surface area contributed by atoms with Crippen molar-refractivity contribution in [2.75, 3.05) is 18.9 Å². The van der Waals surface area contributed by atoms with Gasteiger partial charge in [0.25, 0.3) is 5.91 Å². The SMILES string of the molecule is CCCn1cc(N)cc1C(=O)N(CCO)C1CCC1. The van der Waals surface area contributed by atoms with Crippen LogP contribution in [0.15, 0.2) is 12.3 Å². The fourth-order valence-electron chi connectivity index (χ4n) is 2.54. The second-order valence-corrected chi connectivity index (χ2v) is 5.16. The summed E-state index contributed by atoms with van der Waals surface area (Å²) < 4.78 is 1.92. The monoisotopic (exact) mass is 265 g/mol. The van der Waals surface area contributed by atoms with E-state index in [9.17, 15) is 4.79 Å². The summed E-state index contributed by atoms with van der Waals surface area (Å²) in [5.74, 6) is -0.0103. The zero-order valence-electron chi connectivity index (χ0n) is 11.5. The number of hydrogen-bond donors (Lipinski definition) is 2. The maximum Gasteiger partial charge on any atom is 0.270 e. The number of carbonyl (C=O) groups excluding carboxylic acids is 1. The van der Waals surface area contributed by atoms with Crippen molar-refractivity contribution in [1.82, 2.24) is 9.47 Å².